The lowest BCUT2D eigenvalue weighted by Crippen LogP contribution is -2.36. The molecule has 0 saturated carbocycles. The number of benzene rings is 1. The van der Waals surface area contributed by atoms with E-state index in [1.807, 2.05) is 56.7 Å². The number of nitrogens with zero attached hydrogens (tertiary/aromatic N) is 3. The van der Waals surface area contributed by atoms with Crippen LogP contribution in [0, 0.1) is 5.92 Å². The highest BCUT2D eigenvalue weighted by molar-refractivity contribution is 5.85. The Morgan fingerprint density at radius 1 is 1.29 bits per heavy atom. The van der Waals surface area contributed by atoms with Crippen LogP contribution in [0.2, 0.25) is 0 Å². The molecule has 3 aromatic rings. The van der Waals surface area contributed by atoms with E-state index >= 15 is 0 Å². The molecule has 1 aliphatic rings. The van der Waals surface area contributed by atoms with Gasteiger partial charge in [-0.15, -0.1) is 12.4 Å². The molecule has 1 aromatic carbocycles. The first-order valence-electron chi connectivity index (χ1n) is 9.12. The van der Waals surface area contributed by atoms with Gasteiger partial charge in [0.05, 0.1) is 18.3 Å². The molecule has 0 spiro atoms. The number of hydrogen-bond donors (Lipinski definition) is 2. The van der Waals surface area contributed by atoms with Crippen molar-refractivity contribution in [2.24, 2.45) is 13.0 Å². The SMILES string of the molecule is CC(NC(=O)[C@H]1CNC[C@@H]1c1cnn(C)c1)c1ncc(-c2ccccc2)o1.Cl. The Morgan fingerprint density at radius 3 is 2.79 bits per heavy atom. The molecule has 28 heavy (non-hydrogen) atoms. The molecular weight excluding hydrogens is 378 g/mol. The summed E-state index contributed by atoms with van der Waals surface area (Å²) in [6.07, 6.45) is 5.51. The topological polar surface area (TPSA) is 85.0 Å². The second-order valence-electron chi connectivity index (χ2n) is 6.98. The predicted octanol–water partition coefficient (Wildman–Crippen LogP) is 2.68. The van der Waals surface area contributed by atoms with Gasteiger partial charge < -0.3 is 15.1 Å². The minimum absolute atomic E-state index is 0. The smallest absolute Gasteiger partial charge is 0.225 e. The molecule has 3 atom stereocenters. The molecule has 7 nitrogen and oxygen atoms in total. The summed E-state index contributed by atoms with van der Waals surface area (Å²) in [6, 6.07) is 9.50. The summed E-state index contributed by atoms with van der Waals surface area (Å²) >= 11 is 0. The number of nitrogens with one attached hydrogen (secondary N) is 2. The molecule has 1 unspecified atom stereocenters. The van der Waals surface area contributed by atoms with Crippen LogP contribution in [-0.2, 0) is 11.8 Å². The Bertz CT molecular complexity index is 924. The van der Waals surface area contributed by atoms with Crippen molar-refractivity contribution >= 4 is 18.3 Å². The molecule has 148 valence electrons. The van der Waals surface area contributed by atoms with E-state index < -0.39 is 0 Å². The summed E-state index contributed by atoms with van der Waals surface area (Å²) in [6.45, 7) is 3.31. The van der Waals surface area contributed by atoms with Crippen molar-refractivity contribution in [2.45, 2.75) is 18.9 Å². The zero-order chi connectivity index (χ0) is 18.8. The first kappa shape index (κ1) is 20.1. The molecule has 1 fully saturated rings. The quantitative estimate of drug-likeness (QED) is 0.686. The van der Waals surface area contributed by atoms with Gasteiger partial charge in [0, 0.05) is 37.8 Å². The largest absolute Gasteiger partial charge is 0.438 e. The summed E-state index contributed by atoms with van der Waals surface area (Å²) < 4.78 is 7.62. The molecule has 2 aromatic heterocycles. The molecule has 2 N–H and O–H groups in total. The monoisotopic (exact) mass is 401 g/mol. The lowest BCUT2D eigenvalue weighted by Gasteiger charge is -2.19. The van der Waals surface area contributed by atoms with Crippen molar-refractivity contribution in [3.8, 4) is 11.3 Å². The second kappa shape index (κ2) is 8.58. The van der Waals surface area contributed by atoms with E-state index in [4.69, 9.17) is 4.42 Å². The van der Waals surface area contributed by atoms with Gasteiger partial charge in [-0.2, -0.15) is 5.10 Å². The van der Waals surface area contributed by atoms with Crippen molar-refractivity contribution in [3.05, 3.63) is 60.4 Å². The van der Waals surface area contributed by atoms with Crippen molar-refractivity contribution < 1.29 is 9.21 Å². The average Bonchev–Trinajstić information content (AvgIpc) is 3.42. The molecule has 0 bridgehead atoms. The third-order valence-corrected chi connectivity index (χ3v) is 5.02. The molecule has 3 heterocycles. The van der Waals surface area contributed by atoms with Crippen molar-refractivity contribution in [1.82, 2.24) is 25.4 Å². The van der Waals surface area contributed by atoms with Crippen LogP contribution in [0.1, 0.15) is 30.3 Å². The third-order valence-electron chi connectivity index (χ3n) is 5.02. The zero-order valence-electron chi connectivity index (χ0n) is 15.8. The summed E-state index contributed by atoms with van der Waals surface area (Å²) in [5.74, 6) is 1.19. The highest BCUT2D eigenvalue weighted by Crippen LogP contribution is 2.29. The number of aromatic nitrogens is 3. The van der Waals surface area contributed by atoms with Gasteiger partial charge in [0.2, 0.25) is 11.8 Å². The van der Waals surface area contributed by atoms with Crippen LogP contribution in [0.3, 0.4) is 0 Å². The molecule has 0 aliphatic carbocycles. The number of oxazole rings is 1. The average molecular weight is 402 g/mol. The van der Waals surface area contributed by atoms with Gasteiger partial charge in [-0.1, -0.05) is 30.3 Å². The third kappa shape index (κ3) is 4.10. The first-order valence-corrected chi connectivity index (χ1v) is 9.12. The Kier molecular flexibility index (Phi) is 6.16. The number of amides is 1. The fraction of sp³-hybridized carbons (Fsp3) is 0.350. The number of carbonyl (C=O) groups excluding carboxylic acids is 1. The van der Waals surface area contributed by atoms with Crippen molar-refractivity contribution in [1.29, 1.82) is 0 Å². The highest BCUT2D eigenvalue weighted by atomic mass is 35.5. The van der Waals surface area contributed by atoms with Crippen LogP contribution >= 0.6 is 12.4 Å². The summed E-state index contributed by atoms with van der Waals surface area (Å²) in [5.41, 5.74) is 2.05. The van der Waals surface area contributed by atoms with Crippen molar-refractivity contribution in [2.75, 3.05) is 13.1 Å². The molecule has 1 amide bonds. The standard InChI is InChI=1S/C20H23N5O2.ClH/c1-13(20-22-11-18(27-20)14-6-4-3-5-7-14)24-19(26)17-10-21-9-16(17)15-8-23-25(2)12-15;/h3-8,11-13,16-17,21H,9-10H2,1-2H3,(H,24,26);1H/t13?,16-,17+;/m1./s1. The maximum Gasteiger partial charge on any atom is 0.225 e. The van der Waals surface area contributed by atoms with Gasteiger partial charge in [-0.05, 0) is 12.5 Å². The lowest BCUT2D eigenvalue weighted by atomic mass is 9.90. The summed E-state index contributed by atoms with van der Waals surface area (Å²) in [7, 11) is 1.88. The van der Waals surface area contributed by atoms with E-state index in [9.17, 15) is 4.79 Å². The normalized spacial score (nSPS) is 19.8. The highest BCUT2D eigenvalue weighted by Gasteiger charge is 2.35. The minimum atomic E-state index is -0.301. The maximum atomic E-state index is 12.8. The van der Waals surface area contributed by atoms with Gasteiger partial charge in [0.15, 0.2) is 5.76 Å². The van der Waals surface area contributed by atoms with E-state index in [0.29, 0.717) is 18.2 Å². The van der Waals surface area contributed by atoms with E-state index in [1.54, 1.807) is 10.9 Å². The van der Waals surface area contributed by atoms with Gasteiger partial charge in [-0.3, -0.25) is 9.48 Å². The van der Waals surface area contributed by atoms with Gasteiger partial charge in [0.1, 0.15) is 6.04 Å². The van der Waals surface area contributed by atoms with E-state index in [-0.39, 0.29) is 36.2 Å². The molecular formula is C20H24ClN5O2. The number of halogens is 1. The van der Waals surface area contributed by atoms with E-state index in [1.165, 1.54) is 0 Å². The second-order valence-corrected chi connectivity index (χ2v) is 6.98. The van der Waals surface area contributed by atoms with Crippen LogP contribution in [0.15, 0.2) is 53.3 Å². The van der Waals surface area contributed by atoms with Crippen LogP contribution in [0.25, 0.3) is 11.3 Å². The Balaban J connectivity index is 0.00000225. The first-order chi connectivity index (χ1) is 13.1. The fourth-order valence-electron chi connectivity index (χ4n) is 3.54. The molecule has 8 heteroatoms. The molecule has 4 rings (SSSR count). The van der Waals surface area contributed by atoms with Gasteiger partial charge in [-0.25, -0.2) is 4.98 Å². The number of hydrogen-bond acceptors (Lipinski definition) is 5. The Morgan fingerprint density at radius 2 is 2.07 bits per heavy atom. The van der Waals surface area contributed by atoms with Crippen LogP contribution in [0.4, 0.5) is 0 Å². The summed E-state index contributed by atoms with van der Waals surface area (Å²) in [4.78, 5) is 17.2. The van der Waals surface area contributed by atoms with Crippen molar-refractivity contribution in [3.63, 3.8) is 0 Å². The summed E-state index contributed by atoms with van der Waals surface area (Å²) in [5, 5.41) is 10.6. The van der Waals surface area contributed by atoms with Crippen LogP contribution in [0.5, 0.6) is 0 Å². The Hall–Kier alpha value is -2.64. The van der Waals surface area contributed by atoms with Crippen LogP contribution in [-0.4, -0.2) is 33.8 Å². The lowest BCUT2D eigenvalue weighted by molar-refractivity contribution is -0.125. The number of aryl methyl sites for hydroxylation is 1. The fourth-order valence-corrected chi connectivity index (χ4v) is 3.54. The van der Waals surface area contributed by atoms with Gasteiger partial charge >= 0.3 is 0 Å². The van der Waals surface area contributed by atoms with Crippen LogP contribution < -0.4 is 10.6 Å². The minimum Gasteiger partial charge on any atom is -0.438 e. The molecule has 0 radical (unpaired) electrons. The van der Waals surface area contributed by atoms with Gasteiger partial charge in [0.25, 0.3) is 0 Å². The Labute approximate surface area is 169 Å². The van der Waals surface area contributed by atoms with E-state index in [2.05, 4.69) is 20.7 Å². The maximum absolute atomic E-state index is 12.8. The number of rotatable bonds is 5. The van der Waals surface area contributed by atoms with E-state index in [0.717, 1.165) is 17.7 Å². The zero-order valence-corrected chi connectivity index (χ0v) is 16.6. The predicted molar refractivity (Wildman–Crippen MR) is 108 cm³/mol. The number of carbonyl (C=O) groups is 1. The molecule has 1 aliphatic heterocycles. The molecule has 1 saturated heterocycles.